The van der Waals surface area contributed by atoms with Gasteiger partial charge in [0, 0.05) is 31.0 Å². The van der Waals surface area contributed by atoms with E-state index in [0.717, 1.165) is 30.1 Å². The molecule has 150 valence electrons. The van der Waals surface area contributed by atoms with Crippen LogP contribution in [0, 0.1) is 0 Å². The summed E-state index contributed by atoms with van der Waals surface area (Å²) in [5.74, 6) is 0.793. The van der Waals surface area contributed by atoms with Gasteiger partial charge in [-0.2, -0.15) is 0 Å². The van der Waals surface area contributed by atoms with Gasteiger partial charge in [-0.25, -0.2) is 0 Å². The molecule has 0 aromatic heterocycles. The van der Waals surface area contributed by atoms with Crippen molar-refractivity contribution in [1.29, 1.82) is 0 Å². The highest BCUT2D eigenvalue weighted by molar-refractivity contribution is 5.84. The summed E-state index contributed by atoms with van der Waals surface area (Å²) in [6.07, 6.45) is 5.20. The lowest BCUT2D eigenvalue weighted by Gasteiger charge is -2.23. The van der Waals surface area contributed by atoms with Gasteiger partial charge in [0.05, 0.1) is 7.11 Å². The van der Waals surface area contributed by atoms with E-state index in [-0.39, 0.29) is 11.9 Å². The van der Waals surface area contributed by atoms with Crippen molar-refractivity contribution >= 4 is 17.3 Å². The van der Waals surface area contributed by atoms with Gasteiger partial charge < -0.3 is 20.3 Å². The molecule has 2 aromatic carbocycles. The molecule has 1 atom stereocenters. The minimum absolute atomic E-state index is 0.0209. The van der Waals surface area contributed by atoms with Gasteiger partial charge in [0.2, 0.25) is 5.91 Å². The normalized spacial score (nSPS) is 15.4. The molecule has 0 spiro atoms. The Balaban J connectivity index is 1.48. The van der Waals surface area contributed by atoms with Crippen LogP contribution < -0.4 is 20.3 Å². The van der Waals surface area contributed by atoms with Gasteiger partial charge >= 0.3 is 0 Å². The molecule has 1 fully saturated rings. The average Bonchev–Trinajstić information content (AvgIpc) is 3.02. The molecule has 0 bridgehead atoms. The second-order valence-electron chi connectivity index (χ2n) is 7.38. The van der Waals surface area contributed by atoms with Crippen molar-refractivity contribution in [3.63, 3.8) is 0 Å². The van der Waals surface area contributed by atoms with Crippen LogP contribution in [-0.4, -0.2) is 32.1 Å². The number of nitrogens with zero attached hydrogens (tertiary/aromatic N) is 1. The molecule has 1 unspecified atom stereocenters. The molecule has 0 aliphatic carbocycles. The van der Waals surface area contributed by atoms with E-state index < -0.39 is 0 Å². The summed E-state index contributed by atoms with van der Waals surface area (Å²) < 4.78 is 5.15. The molecule has 1 heterocycles. The number of benzene rings is 2. The Bertz CT molecular complexity index is 735. The number of hydrogen-bond acceptors (Lipinski definition) is 4. The largest absolute Gasteiger partial charge is 0.497 e. The van der Waals surface area contributed by atoms with Gasteiger partial charge in [0.15, 0.2) is 0 Å². The lowest BCUT2D eigenvalue weighted by molar-refractivity contribution is -0.121. The van der Waals surface area contributed by atoms with Crippen LogP contribution in [0.4, 0.5) is 11.4 Å². The second-order valence-corrected chi connectivity index (χ2v) is 7.38. The number of carbonyl (C=O) groups is 1. The lowest BCUT2D eigenvalue weighted by atomic mass is 10.2. The molecule has 0 saturated carbocycles. The van der Waals surface area contributed by atoms with Crippen LogP contribution in [0.5, 0.6) is 5.75 Å². The highest BCUT2D eigenvalue weighted by Crippen LogP contribution is 2.22. The molecule has 1 amide bonds. The van der Waals surface area contributed by atoms with Crippen LogP contribution in [0.2, 0.25) is 0 Å². The van der Waals surface area contributed by atoms with E-state index in [1.54, 1.807) is 7.11 Å². The van der Waals surface area contributed by atoms with E-state index >= 15 is 0 Å². The molecular formula is C23H31N3O2. The maximum Gasteiger partial charge on any atom is 0.242 e. The molecule has 1 aliphatic rings. The molecule has 2 aromatic rings. The van der Waals surface area contributed by atoms with Crippen molar-refractivity contribution in [3.05, 3.63) is 54.1 Å². The predicted molar refractivity (Wildman–Crippen MR) is 115 cm³/mol. The van der Waals surface area contributed by atoms with Crippen molar-refractivity contribution in [1.82, 2.24) is 5.32 Å². The summed E-state index contributed by atoms with van der Waals surface area (Å²) >= 11 is 0. The fourth-order valence-corrected chi connectivity index (χ4v) is 3.50. The van der Waals surface area contributed by atoms with Crippen molar-refractivity contribution in [2.24, 2.45) is 0 Å². The standard InChI is InChI=1S/C23H31N3O2/c1-18(23(27)24-17-19-7-13-22(28-2)14-8-19)25-20-9-11-21(12-10-20)26-15-5-3-4-6-16-26/h7-14,18,25H,3-6,15-17H2,1-2H3,(H,24,27). The summed E-state index contributed by atoms with van der Waals surface area (Å²) in [4.78, 5) is 14.8. The maximum atomic E-state index is 12.4. The molecule has 1 aliphatic heterocycles. The zero-order valence-electron chi connectivity index (χ0n) is 16.9. The van der Waals surface area contributed by atoms with E-state index in [9.17, 15) is 4.79 Å². The fourth-order valence-electron chi connectivity index (χ4n) is 3.50. The Morgan fingerprint density at radius 3 is 2.25 bits per heavy atom. The highest BCUT2D eigenvalue weighted by Gasteiger charge is 2.13. The molecule has 5 nitrogen and oxygen atoms in total. The van der Waals surface area contributed by atoms with Crippen LogP contribution in [-0.2, 0) is 11.3 Å². The molecular weight excluding hydrogens is 350 g/mol. The minimum atomic E-state index is -0.303. The third-order valence-electron chi connectivity index (χ3n) is 5.24. The van der Waals surface area contributed by atoms with E-state index in [1.807, 2.05) is 31.2 Å². The zero-order chi connectivity index (χ0) is 19.8. The highest BCUT2D eigenvalue weighted by atomic mass is 16.5. The number of carbonyl (C=O) groups excluding carboxylic acids is 1. The number of rotatable bonds is 7. The fraction of sp³-hybridized carbons (Fsp3) is 0.435. The first-order valence-electron chi connectivity index (χ1n) is 10.2. The summed E-state index contributed by atoms with van der Waals surface area (Å²) in [7, 11) is 1.64. The van der Waals surface area contributed by atoms with Gasteiger partial charge in [-0.3, -0.25) is 4.79 Å². The van der Waals surface area contributed by atoms with Crippen molar-refractivity contribution in [3.8, 4) is 5.75 Å². The van der Waals surface area contributed by atoms with Crippen LogP contribution >= 0.6 is 0 Å². The second kappa shape index (κ2) is 10.0. The topological polar surface area (TPSA) is 53.6 Å². The monoisotopic (exact) mass is 381 g/mol. The predicted octanol–water partition coefficient (Wildman–Crippen LogP) is 4.19. The average molecular weight is 382 g/mol. The number of hydrogen-bond donors (Lipinski definition) is 2. The SMILES string of the molecule is COc1ccc(CNC(=O)C(C)Nc2ccc(N3CCCCCC3)cc2)cc1. The molecule has 2 N–H and O–H groups in total. The Morgan fingerprint density at radius 2 is 1.64 bits per heavy atom. The Kier molecular flexibility index (Phi) is 7.18. The van der Waals surface area contributed by atoms with Gasteiger partial charge in [0.1, 0.15) is 11.8 Å². The summed E-state index contributed by atoms with van der Waals surface area (Å²) in [6, 6.07) is 15.8. The summed E-state index contributed by atoms with van der Waals surface area (Å²) in [6.45, 7) is 4.66. The van der Waals surface area contributed by atoms with Crippen molar-refractivity contribution in [2.75, 3.05) is 30.4 Å². The number of methoxy groups -OCH3 is 1. The molecule has 5 heteroatoms. The number of amides is 1. The van der Waals surface area contributed by atoms with Crippen LogP contribution in [0.25, 0.3) is 0 Å². The molecule has 28 heavy (non-hydrogen) atoms. The van der Waals surface area contributed by atoms with Crippen molar-refractivity contribution < 1.29 is 9.53 Å². The first kappa shape index (κ1) is 20.1. The zero-order valence-corrected chi connectivity index (χ0v) is 16.9. The molecule has 1 saturated heterocycles. The number of nitrogens with one attached hydrogen (secondary N) is 2. The quantitative estimate of drug-likeness (QED) is 0.755. The minimum Gasteiger partial charge on any atom is -0.497 e. The number of anilines is 2. The van der Waals surface area contributed by atoms with Gasteiger partial charge in [-0.1, -0.05) is 25.0 Å². The first-order chi connectivity index (χ1) is 13.7. The van der Waals surface area contributed by atoms with Crippen LogP contribution in [0.15, 0.2) is 48.5 Å². The van der Waals surface area contributed by atoms with E-state index in [0.29, 0.717) is 6.54 Å². The Labute approximate surface area is 168 Å². The van der Waals surface area contributed by atoms with Crippen LogP contribution in [0.1, 0.15) is 38.2 Å². The van der Waals surface area contributed by atoms with E-state index in [4.69, 9.17) is 4.74 Å². The third kappa shape index (κ3) is 5.65. The summed E-state index contributed by atoms with van der Waals surface area (Å²) in [5.41, 5.74) is 3.28. The van der Waals surface area contributed by atoms with Gasteiger partial charge in [-0.15, -0.1) is 0 Å². The van der Waals surface area contributed by atoms with Gasteiger partial charge in [0.25, 0.3) is 0 Å². The first-order valence-corrected chi connectivity index (χ1v) is 10.2. The van der Waals surface area contributed by atoms with Crippen LogP contribution in [0.3, 0.4) is 0 Å². The van der Waals surface area contributed by atoms with E-state index in [1.165, 1.54) is 31.4 Å². The van der Waals surface area contributed by atoms with Crippen molar-refractivity contribution in [2.45, 2.75) is 45.2 Å². The number of ether oxygens (including phenoxy) is 1. The third-order valence-corrected chi connectivity index (χ3v) is 5.24. The Hall–Kier alpha value is -2.69. The maximum absolute atomic E-state index is 12.4. The molecule has 0 radical (unpaired) electrons. The Morgan fingerprint density at radius 1 is 1.00 bits per heavy atom. The smallest absolute Gasteiger partial charge is 0.242 e. The molecule has 3 rings (SSSR count). The van der Waals surface area contributed by atoms with Gasteiger partial charge in [-0.05, 0) is 61.7 Å². The lowest BCUT2D eigenvalue weighted by Crippen LogP contribution is -2.37. The van der Waals surface area contributed by atoms with E-state index in [2.05, 4.69) is 39.8 Å². The summed E-state index contributed by atoms with van der Waals surface area (Å²) in [5, 5.41) is 6.26.